The number of aromatic nitrogens is 1. The molecule has 0 spiro atoms. The van der Waals surface area contributed by atoms with Crippen molar-refractivity contribution < 1.29 is 13.5 Å². The third-order valence-corrected chi connectivity index (χ3v) is 4.70. The van der Waals surface area contributed by atoms with Crippen LogP contribution >= 0.6 is 0 Å². The average Bonchev–Trinajstić information content (AvgIpc) is 2.48. The first-order valence-electron chi connectivity index (χ1n) is 6.31. The highest BCUT2D eigenvalue weighted by molar-refractivity contribution is 7.84. The summed E-state index contributed by atoms with van der Waals surface area (Å²) in [5.74, 6) is 0. The quantitative estimate of drug-likeness (QED) is 0.769. The highest BCUT2D eigenvalue weighted by Crippen LogP contribution is 2.36. The van der Waals surface area contributed by atoms with Crippen molar-refractivity contribution in [3.8, 4) is 0 Å². The van der Waals surface area contributed by atoms with Crippen LogP contribution < -0.4 is 5.59 Å². The van der Waals surface area contributed by atoms with Gasteiger partial charge in [-0.1, -0.05) is 6.07 Å². The van der Waals surface area contributed by atoms with Crippen molar-refractivity contribution in [2.45, 2.75) is 50.8 Å². The van der Waals surface area contributed by atoms with Crippen LogP contribution in [0.1, 0.15) is 33.3 Å². The van der Waals surface area contributed by atoms with E-state index in [9.17, 15) is 4.21 Å². The van der Waals surface area contributed by atoms with Gasteiger partial charge in [-0.25, -0.2) is 4.98 Å². The van der Waals surface area contributed by atoms with Crippen molar-refractivity contribution in [1.29, 1.82) is 0 Å². The molecule has 1 saturated heterocycles. The van der Waals surface area contributed by atoms with Gasteiger partial charge < -0.3 is 9.31 Å². The van der Waals surface area contributed by atoms with Gasteiger partial charge in [0, 0.05) is 6.26 Å². The third kappa shape index (κ3) is 2.62. The van der Waals surface area contributed by atoms with Crippen LogP contribution in [0.4, 0.5) is 0 Å². The lowest BCUT2D eigenvalue weighted by atomic mass is 9.81. The average molecular weight is 281 g/mol. The number of pyridine rings is 1. The summed E-state index contributed by atoms with van der Waals surface area (Å²) < 4.78 is 23.5. The van der Waals surface area contributed by atoms with Crippen LogP contribution in [0.25, 0.3) is 0 Å². The summed E-state index contributed by atoms with van der Waals surface area (Å²) in [4.78, 5) is 4.43. The molecule has 19 heavy (non-hydrogen) atoms. The van der Waals surface area contributed by atoms with E-state index >= 15 is 0 Å². The molecule has 1 unspecified atom stereocenters. The Morgan fingerprint density at radius 3 is 2.16 bits per heavy atom. The van der Waals surface area contributed by atoms with Crippen LogP contribution in [-0.2, 0) is 20.1 Å². The number of aryl methyl sites for hydroxylation is 1. The van der Waals surface area contributed by atoms with Crippen LogP contribution in [0.5, 0.6) is 0 Å². The Kier molecular flexibility index (Phi) is 3.62. The molecule has 6 heteroatoms. The third-order valence-electron chi connectivity index (χ3n) is 3.88. The summed E-state index contributed by atoms with van der Waals surface area (Å²) in [6.45, 7) is 9.97. The minimum atomic E-state index is -1.11. The highest BCUT2D eigenvalue weighted by atomic mass is 32.2. The van der Waals surface area contributed by atoms with Gasteiger partial charge in [-0.3, -0.25) is 4.21 Å². The summed E-state index contributed by atoms with van der Waals surface area (Å²) in [6, 6.07) is 3.68. The topological polar surface area (TPSA) is 48.4 Å². The van der Waals surface area contributed by atoms with Crippen molar-refractivity contribution in [3.05, 3.63) is 17.7 Å². The van der Waals surface area contributed by atoms with E-state index in [1.54, 1.807) is 12.3 Å². The molecule has 2 rings (SSSR count). The minimum Gasteiger partial charge on any atom is -0.398 e. The molecule has 0 bridgehead atoms. The Balaban J connectivity index is 2.39. The first kappa shape index (κ1) is 14.7. The molecule has 1 aliphatic heterocycles. The lowest BCUT2D eigenvalue weighted by Gasteiger charge is -2.32. The van der Waals surface area contributed by atoms with E-state index < -0.39 is 29.1 Å². The van der Waals surface area contributed by atoms with Crippen molar-refractivity contribution in [2.24, 2.45) is 0 Å². The number of hydrogen-bond acceptors (Lipinski definition) is 4. The molecule has 104 valence electrons. The summed E-state index contributed by atoms with van der Waals surface area (Å²) in [5.41, 5.74) is 0.902. The molecule has 2 heterocycles. The normalized spacial score (nSPS) is 22.5. The number of rotatable bonds is 2. The standard InChI is InChI=1S/C13H20BNO3S/c1-9-7-8-10(19(6)16)15-11(9)14-17-12(2,3)13(4,5)18-14/h7-8H,1-6H3. The lowest BCUT2D eigenvalue weighted by molar-refractivity contribution is 0.00578. The van der Waals surface area contributed by atoms with Gasteiger partial charge in [-0.05, 0) is 46.2 Å². The minimum absolute atomic E-state index is 0.396. The Morgan fingerprint density at radius 1 is 1.16 bits per heavy atom. The second-order valence-corrected chi connectivity index (χ2v) is 7.22. The fourth-order valence-electron chi connectivity index (χ4n) is 1.88. The van der Waals surface area contributed by atoms with Gasteiger partial charge in [0.25, 0.3) is 0 Å². The number of nitrogens with zero attached hydrogens (tertiary/aromatic N) is 1. The smallest absolute Gasteiger partial charge is 0.398 e. The van der Waals surface area contributed by atoms with Crippen LogP contribution in [0.15, 0.2) is 17.2 Å². The Bertz CT molecular complexity index is 515. The van der Waals surface area contributed by atoms with E-state index in [1.165, 1.54) is 0 Å². The van der Waals surface area contributed by atoms with Crippen LogP contribution in [0, 0.1) is 6.92 Å². The van der Waals surface area contributed by atoms with E-state index in [0.29, 0.717) is 10.6 Å². The molecule has 0 aliphatic carbocycles. The lowest BCUT2D eigenvalue weighted by Crippen LogP contribution is -2.41. The summed E-state index contributed by atoms with van der Waals surface area (Å²) in [7, 11) is -1.61. The van der Waals surface area contributed by atoms with Gasteiger partial charge in [0.1, 0.15) is 5.03 Å². The highest BCUT2D eigenvalue weighted by Gasteiger charge is 2.52. The fourth-order valence-corrected chi connectivity index (χ4v) is 2.37. The van der Waals surface area contributed by atoms with Gasteiger partial charge in [0.2, 0.25) is 0 Å². The van der Waals surface area contributed by atoms with Crippen LogP contribution in [0.3, 0.4) is 0 Å². The van der Waals surface area contributed by atoms with Gasteiger partial charge in [0.05, 0.1) is 27.6 Å². The molecule has 1 atom stereocenters. The van der Waals surface area contributed by atoms with Crippen molar-refractivity contribution in [2.75, 3.05) is 6.26 Å². The van der Waals surface area contributed by atoms with E-state index in [1.807, 2.05) is 40.7 Å². The zero-order valence-electron chi connectivity index (χ0n) is 12.3. The molecular weight excluding hydrogens is 261 g/mol. The maximum atomic E-state index is 11.5. The molecule has 1 aromatic heterocycles. The zero-order valence-corrected chi connectivity index (χ0v) is 13.1. The first-order chi connectivity index (χ1) is 8.64. The molecule has 1 fully saturated rings. The monoisotopic (exact) mass is 281 g/mol. The van der Waals surface area contributed by atoms with Crippen LogP contribution in [-0.4, -0.2) is 33.8 Å². The Morgan fingerprint density at radius 2 is 1.68 bits per heavy atom. The summed E-state index contributed by atoms with van der Waals surface area (Å²) in [5, 5.41) is 0.551. The molecule has 0 radical (unpaired) electrons. The molecule has 0 aromatic carbocycles. The summed E-state index contributed by atoms with van der Waals surface area (Å²) >= 11 is 0. The Labute approximate surface area is 117 Å². The van der Waals surface area contributed by atoms with Gasteiger partial charge in [-0.2, -0.15) is 0 Å². The maximum absolute atomic E-state index is 11.5. The van der Waals surface area contributed by atoms with E-state index in [-0.39, 0.29) is 0 Å². The molecule has 0 amide bonds. The van der Waals surface area contributed by atoms with Crippen molar-refractivity contribution in [3.63, 3.8) is 0 Å². The van der Waals surface area contributed by atoms with Gasteiger partial charge >= 0.3 is 7.12 Å². The van der Waals surface area contributed by atoms with E-state index in [0.717, 1.165) is 5.56 Å². The predicted molar refractivity (Wildman–Crippen MR) is 77.0 cm³/mol. The van der Waals surface area contributed by atoms with Gasteiger partial charge in [-0.15, -0.1) is 0 Å². The molecule has 0 saturated carbocycles. The fraction of sp³-hybridized carbons (Fsp3) is 0.615. The zero-order chi connectivity index (χ0) is 14.4. The maximum Gasteiger partial charge on any atom is 0.514 e. The second kappa shape index (κ2) is 4.68. The second-order valence-electron chi connectivity index (χ2n) is 5.89. The SMILES string of the molecule is Cc1ccc(S(C)=O)nc1B1OC(C)(C)C(C)(C)O1. The molecule has 1 aliphatic rings. The van der Waals surface area contributed by atoms with E-state index in [2.05, 4.69) is 4.98 Å². The molecule has 0 N–H and O–H groups in total. The largest absolute Gasteiger partial charge is 0.514 e. The van der Waals surface area contributed by atoms with Crippen LogP contribution in [0.2, 0.25) is 0 Å². The van der Waals surface area contributed by atoms with E-state index in [4.69, 9.17) is 9.31 Å². The molecular formula is C13H20BNO3S. The number of hydrogen-bond donors (Lipinski definition) is 0. The molecule has 4 nitrogen and oxygen atoms in total. The van der Waals surface area contributed by atoms with Gasteiger partial charge in [0.15, 0.2) is 0 Å². The first-order valence-corrected chi connectivity index (χ1v) is 7.86. The molecule has 1 aromatic rings. The Hall–Kier alpha value is -0.715. The van der Waals surface area contributed by atoms with Crippen molar-refractivity contribution in [1.82, 2.24) is 4.98 Å². The van der Waals surface area contributed by atoms with Crippen molar-refractivity contribution >= 4 is 23.5 Å². The predicted octanol–water partition coefficient (Wildman–Crippen LogP) is 1.43. The summed E-state index contributed by atoms with van der Waals surface area (Å²) in [6.07, 6.45) is 1.62.